The molecule has 0 radical (unpaired) electrons. The zero-order chi connectivity index (χ0) is 12.8. The molecule has 18 heavy (non-hydrogen) atoms. The molecule has 0 aliphatic rings. The molecule has 0 aliphatic heterocycles. The Labute approximate surface area is 104 Å². The first-order chi connectivity index (χ1) is 8.79. The molecule has 7 heteroatoms. The fourth-order valence-electron chi connectivity index (χ4n) is 1.45. The number of aromatic amines is 1. The van der Waals surface area contributed by atoms with Crippen molar-refractivity contribution in [3.63, 3.8) is 0 Å². The highest BCUT2D eigenvalue weighted by Gasteiger charge is 2.09. The van der Waals surface area contributed by atoms with E-state index in [-0.39, 0.29) is 11.7 Å². The van der Waals surface area contributed by atoms with Gasteiger partial charge in [-0.15, -0.1) is 10.2 Å². The number of H-pyrrole nitrogens is 1. The summed E-state index contributed by atoms with van der Waals surface area (Å²) in [5.74, 6) is 0.525. The summed E-state index contributed by atoms with van der Waals surface area (Å²) in [7, 11) is 1.63. The Morgan fingerprint density at radius 2 is 2.17 bits per heavy atom. The van der Waals surface area contributed by atoms with E-state index >= 15 is 0 Å². The number of carbonyl (C=O) groups is 1. The van der Waals surface area contributed by atoms with E-state index in [0.717, 1.165) is 17.7 Å². The molecule has 0 bridgehead atoms. The summed E-state index contributed by atoms with van der Waals surface area (Å²) < 4.78 is 5.06. The number of amides is 1. The highest BCUT2D eigenvalue weighted by Crippen LogP contribution is 2.11. The van der Waals surface area contributed by atoms with Gasteiger partial charge >= 0.3 is 0 Å². The first-order valence-corrected chi connectivity index (χ1v) is 5.44. The van der Waals surface area contributed by atoms with Crippen molar-refractivity contribution in [3.8, 4) is 5.75 Å². The minimum Gasteiger partial charge on any atom is -0.497 e. The molecule has 2 aromatic rings. The van der Waals surface area contributed by atoms with Crippen LogP contribution in [0.1, 0.15) is 16.2 Å². The van der Waals surface area contributed by atoms with Gasteiger partial charge in [0.2, 0.25) is 0 Å². The largest absolute Gasteiger partial charge is 0.497 e. The Kier molecular flexibility index (Phi) is 3.85. The van der Waals surface area contributed by atoms with Crippen molar-refractivity contribution in [2.24, 2.45) is 0 Å². The van der Waals surface area contributed by atoms with Crippen molar-refractivity contribution < 1.29 is 9.53 Å². The lowest BCUT2D eigenvalue weighted by atomic mass is 10.1. The summed E-state index contributed by atoms with van der Waals surface area (Å²) in [6, 6.07) is 7.69. The van der Waals surface area contributed by atoms with Crippen LogP contribution >= 0.6 is 0 Å². The number of hydrogen-bond donors (Lipinski definition) is 2. The molecule has 1 heterocycles. The molecule has 1 aromatic carbocycles. The van der Waals surface area contributed by atoms with E-state index in [4.69, 9.17) is 4.74 Å². The van der Waals surface area contributed by atoms with Gasteiger partial charge in [-0.1, -0.05) is 12.1 Å². The van der Waals surface area contributed by atoms with Crippen LogP contribution in [0.5, 0.6) is 5.75 Å². The summed E-state index contributed by atoms with van der Waals surface area (Å²) in [5.41, 5.74) is 1.12. The molecule has 2 rings (SSSR count). The zero-order valence-corrected chi connectivity index (χ0v) is 9.88. The summed E-state index contributed by atoms with van der Waals surface area (Å²) >= 11 is 0. The maximum Gasteiger partial charge on any atom is 0.292 e. The van der Waals surface area contributed by atoms with Gasteiger partial charge < -0.3 is 10.1 Å². The maximum atomic E-state index is 11.5. The quantitative estimate of drug-likeness (QED) is 0.786. The van der Waals surface area contributed by atoms with E-state index in [1.54, 1.807) is 7.11 Å². The monoisotopic (exact) mass is 247 g/mol. The molecule has 7 nitrogen and oxygen atoms in total. The molecule has 0 unspecified atom stereocenters. The van der Waals surface area contributed by atoms with Gasteiger partial charge in [0.05, 0.1) is 7.11 Å². The van der Waals surface area contributed by atoms with Gasteiger partial charge in [0.1, 0.15) is 5.75 Å². The molecule has 1 aromatic heterocycles. The van der Waals surface area contributed by atoms with Crippen LogP contribution in [0, 0.1) is 0 Å². The van der Waals surface area contributed by atoms with Crippen LogP contribution in [0.2, 0.25) is 0 Å². The van der Waals surface area contributed by atoms with Crippen LogP contribution < -0.4 is 10.1 Å². The van der Waals surface area contributed by atoms with E-state index in [0.29, 0.717) is 6.54 Å². The first-order valence-electron chi connectivity index (χ1n) is 5.44. The predicted octanol–water partition coefficient (Wildman–Crippen LogP) is 0.181. The first kappa shape index (κ1) is 12.0. The topological polar surface area (TPSA) is 92.8 Å². The third kappa shape index (κ3) is 3.03. The Bertz CT molecular complexity index is 495. The summed E-state index contributed by atoms with van der Waals surface area (Å²) in [6.07, 6.45) is 0.730. The van der Waals surface area contributed by atoms with Crippen molar-refractivity contribution in [2.75, 3.05) is 13.7 Å². The van der Waals surface area contributed by atoms with E-state index in [2.05, 4.69) is 25.9 Å². The molecular formula is C11H13N5O2. The number of benzene rings is 1. The standard InChI is InChI=1S/C11H13N5O2/c1-18-9-4-2-8(3-5-9)6-7-12-11(17)10-13-15-16-14-10/h2-5H,6-7H2,1H3,(H,12,17)(H,13,14,15,16). The number of aromatic nitrogens is 4. The van der Waals surface area contributed by atoms with Gasteiger partial charge in [0, 0.05) is 6.54 Å². The number of rotatable bonds is 5. The second kappa shape index (κ2) is 5.76. The molecule has 1 amide bonds. The molecule has 0 saturated heterocycles. The number of nitrogens with one attached hydrogen (secondary N) is 2. The Balaban J connectivity index is 1.79. The molecule has 94 valence electrons. The van der Waals surface area contributed by atoms with Crippen LogP contribution in [0.3, 0.4) is 0 Å². The average molecular weight is 247 g/mol. The number of ether oxygens (including phenoxy) is 1. The average Bonchev–Trinajstić information content (AvgIpc) is 2.93. The van der Waals surface area contributed by atoms with Crippen molar-refractivity contribution in [1.82, 2.24) is 25.9 Å². The SMILES string of the molecule is COc1ccc(CCNC(=O)c2nn[nH]n2)cc1. The fraction of sp³-hybridized carbons (Fsp3) is 0.273. The summed E-state index contributed by atoms with van der Waals surface area (Å²) in [4.78, 5) is 11.5. The van der Waals surface area contributed by atoms with Crippen LogP contribution in [0.15, 0.2) is 24.3 Å². The van der Waals surface area contributed by atoms with Crippen molar-refractivity contribution in [2.45, 2.75) is 6.42 Å². The lowest BCUT2D eigenvalue weighted by molar-refractivity contribution is 0.0944. The molecule has 0 saturated carbocycles. The van der Waals surface area contributed by atoms with Gasteiger partial charge in [-0.3, -0.25) is 4.79 Å². The minimum atomic E-state index is -0.336. The number of carbonyl (C=O) groups excluding carboxylic acids is 1. The van der Waals surface area contributed by atoms with Crippen LogP contribution in [0.4, 0.5) is 0 Å². The van der Waals surface area contributed by atoms with E-state index in [1.165, 1.54) is 0 Å². The second-order valence-electron chi connectivity index (χ2n) is 3.59. The lowest BCUT2D eigenvalue weighted by Crippen LogP contribution is -2.26. The van der Waals surface area contributed by atoms with Gasteiger partial charge in [0.15, 0.2) is 0 Å². The smallest absolute Gasteiger partial charge is 0.292 e. The van der Waals surface area contributed by atoms with Gasteiger partial charge in [0.25, 0.3) is 11.7 Å². The third-order valence-corrected chi connectivity index (χ3v) is 2.41. The molecule has 0 atom stereocenters. The fourth-order valence-corrected chi connectivity index (χ4v) is 1.45. The Hall–Kier alpha value is -2.44. The minimum absolute atomic E-state index is 0.0460. The third-order valence-electron chi connectivity index (χ3n) is 2.41. The second-order valence-corrected chi connectivity index (χ2v) is 3.59. The van der Waals surface area contributed by atoms with E-state index in [9.17, 15) is 4.79 Å². The zero-order valence-electron chi connectivity index (χ0n) is 9.88. The number of hydrogen-bond acceptors (Lipinski definition) is 5. The molecular weight excluding hydrogens is 234 g/mol. The summed E-state index contributed by atoms with van der Waals surface area (Å²) in [5, 5.41) is 15.4. The van der Waals surface area contributed by atoms with Crippen LogP contribution in [-0.2, 0) is 6.42 Å². The Morgan fingerprint density at radius 3 is 2.78 bits per heavy atom. The van der Waals surface area contributed by atoms with E-state index < -0.39 is 0 Å². The number of tetrazole rings is 1. The molecule has 0 fully saturated rings. The number of nitrogens with zero attached hydrogens (tertiary/aromatic N) is 3. The highest BCUT2D eigenvalue weighted by atomic mass is 16.5. The van der Waals surface area contributed by atoms with Crippen molar-refractivity contribution in [3.05, 3.63) is 35.7 Å². The van der Waals surface area contributed by atoms with Gasteiger partial charge in [-0.2, -0.15) is 5.21 Å². The van der Waals surface area contributed by atoms with Crippen LogP contribution in [0.25, 0.3) is 0 Å². The predicted molar refractivity (Wildman–Crippen MR) is 63.2 cm³/mol. The van der Waals surface area contributed by atoms with Crippen molar-refractivity contribution in [1.29, 1.82) is 0 Å². The lowest BCUT2D eigenvalue weighted by Gasteiger charge is -2.04. The van der Waals surface area contributed by atoms with Gasteiger partial charge in [-0.25, -0.2) is 0 Å². The van der Waals surface area contributed by atoms with E-state index in [1.807, 2.05) is 24.3 Å². The number of methoxy groups -OCH3 is 1. The summed E-state index contributed by atoms with van der Waals surface area (Å²) in [6.45, 7) is 0.514. The van der Waals surface area contributed by atoms with Gasteiger partial charge in [-0.05, 0) is 29.3 Å². The maximum absolute atomic E-state index is 11.5. The molecule has 2 N–H and O–H groups in total. The van der Waals surface area contributed by atoms with Crippen molar-refractivity contribution >= 4 is 5.91 Å². The van der Waals surface area contributed by atoms with Crippen LogP contribution in [-0.4, -0.2) is 40.2 Å². The Morgan fingerprint density at radius 1 is 1.39 bits per heavy atom. The highest BCUT2D eigenvalue weighted by molar-refractivity contribution is 5.89. The molecule has 0 aliphatic carbocycles. The molecule has 0 spiro atoms. The normalized spacial score (nSPS) is 10.1.